The lowest BCUT2D eigenvalue weighted by Crippen LogP contribution is -2.26. The van der Waals surface area contributed by atoms with E-state index in [0.717, 1.165) is 25.7 Å². The monoisotopic (exact) mass is 264 g/mol. The molecule has 0 amide bonds. The molecular weight excluding hydrogens is 249 g/mol. The normalized spacial score (nSPS) is 25.3. The van der Waals surface area contributed by atoms with Crippen LogP contribution >= 0.6 is 0 Å². The summed E-state index contributed by atoms with van der Waals surface area (Å²) in [6.45, 7) is 0. The van der Waals surface area contributed by atoms with E-state index in [4.69, 9.17) is 4.52 Å². The van der Waals surface area contributed by atoms with Crippen LogP contribution < -0.4 is 0 Å². The molecule has 1 saturated carbocycles. The Morgan fingerprint density at radius 2 is 2.00 bits per heavy atom. The van der Waals surface area contributed by atoms with E-state index in [1.165, 1.54) is 0 Å². The zero-order valence-electron chi connectivity index (χ0n) is 9.78. The Kier molecular flexibility index (Phi) is 3.89. The number of rotatable bonds is 3. The van der Waals surface area contributed by atoms with Crippen molar-refractivity contribution < 1.29 is 22.8 Å². The van der Waals surface area contributed by atoms with Gasteiger partial charge in [0, 0.05) is 6.42 Å². The van der Waals surface area contributed by atoms with Gasteiger partial charge >= 0.3 is 6.18 Å². The minimum absolute atomic E-state index is 0.0120. The van der Waals surface area contributed by atoms with Crippen molar-refractivity contribution in [3.05, 3.63) is 11.7 Å². The van der Waals surface area contributed by atoms with E-state index in [1.54, 1.807) is 0 Å². The molecule has 102 valence electrons. The maximum atomic E-state index is 12.1. The lowest BCUT2D eigenvalue weighted by molar-refractivity contribution is -0.128. The standard InChI is InChI=1S/C11H15F3N2O2/c12-11(13,14)6-9-15-10(18-16-9)5-7-3-1-2-4-8(7)17/h7-8,17H,1-6H2. The highest BCUT2D eigenvalue weighted by molar-refractivity contribution is 4.91. The Morgan fingerprint density at radius 3 is 2.67 bits per heavy atom. The van der Waals surface area contributed by atoms with Gasteiger partial charge in [0.05, 0.1) is 6.10 Å². The van der Waals surface area contributed by atoms with Gasteiger partial charge in [0.25, 0.3) is 0 Å². The Balaban J connectivity index is 1.93. The molecule has 0 aliphatic heterocycles. The van der Waals surface area contributed by atoms with Crippen LogP contribution in [0.3, 0.4) is 0 Å². The number of aliphatic hydroxyl groups excluding tert-OH is 1. The predicted molar refractivity (Wildman–Crippen MR) is 55.7 cm³/mol. The van der Waals surface area contributed by atoms with E-state index in [9.17, 15) is 18.3 Å². The molecule has 4 nitrogen and oxygen atoms in total. The average Bonchev–Trinajstić information content (AvgIpc) is 2.66. The summed E-state index contributed by atoms with van der Waals surface area (Å²) in [6.07, 6.45) is -1.99. The second-order valence-corrected chi connectivity index (χ2v) is 4.71. The molecule has 2 rings (SSSR count). The smallest absolute Gasteiger partial charge is 0.393 e. The van der Waals surface area contributed by atoms with E-state index < -0.39 is 18.7 Å². The third kappa shape index (κ3) is 3.69. The van der Waals surface area contributed by atoms with Gasteiger partial charge in [-0.15, -0.1) is 0 Å². The summed E-state index contributed by atoms with van der Waals surface area (Å²) >= 11 is 0. The summed E-state index contributed by atoms with van der Waals surface area (Å²) in [5.74, 6) is -0.152. The van der Waals surface area contributed by atoms with Crippen molar-refractivity contribution in [1.29, 1.82) is 0 Å². The molecule has 1 fully saturated rings. The summed E-state index contributed by atoms with van der Waals surface area (Å²) in [6, 6.07) is 0. The van der Waals surface area contributed by atoms with E-state index >= 15 is 0 Å². The number of halogens is 3. The number of aromatic nitrogens is 2. The molecule has 1 aliphatic rings. The Bertz CT molecular complexity index is 392. The molecule has 2 atom stereocenters. The van der Waals surface area contributed by atoms with Crippen LogP contribution in [0, 0.1) is 5.92 Å². The molecule has 1 aliphatic carbocycles. The number of alkyl halides is 3. The van der Waals surface area contributed by atoms with Crippen molar-refractivity contribution in [1.82, 2.24) is 10.1 Å². The van der Waals surface area contributed by atoms with Crippen LogP contribution in [0.25, 0.3) is 0 Å². The lowest BCUT2D eigenvalue weighted by Gasteiger charge is -2.26. The van der Waals surface area contributed by atoms with E-state index in [0.29, 0.717) is 6.42 Å². The summed E-state index contributed by atoms with van der Waals surface area (Å²) in [5.41, 5.74) is 0. The van der Waals surface area contributed by atoms with Crippen molar-refractivity contribution in [2.45, 2.75) is 50.8 Å². The highest BCUT2D eigenvalue weighted by atomic mass is 19.4. The molecule has 1 heterocycles. The third-order valence-electron chi connectivity index (χ3n) is 3.17. The first-order valence-corrected chi connectivity index (χ1v) is 6.00. The molecule has 2 unspecified atom stereocenters. The molecule has 0 aromatic carbocycles. The largest absolute Gasteiger partial charge is 0.396 e. The molecule has 1 aromatic heterocycles. The van der Waals surface area contributed by atoms with E-state index in [-0.39, 0.29) is 17.6 Å². The van der Waals surface area contributed by atoms with Gasteiger partial charge in [0.2, 0.25) is 5.89 Å². The summed E-state index contributed by atoms with van der Waals surface area (Å²) in [5, 5.41) is 13.1. The maximum absolute atomic E-state index is 12.1. The van der Waals surface area contributed by atoms with E-state index in [2.05, 4.69) is 10.1 Å². The van der Waals surface area contributed by atoms with Gasteiger partial charge in [0.15, 0.2) is 5.82 Å². The van der Waals surface area contributed by atoms with Gasteiger partial charge in [-0.05, 0) is 18.8 Å². The second kappa shape index (κ2) is 5.26. The number of hydrogen-bond donors (Lipinski definition) is 1. The van der Waals surface area contributed by atoms with Crippen molar-refractivity contribution in [2.24, 2.45) is 5.92 Å². The van der Waals surface area contributed by atoms with Crippen LogP contribution in [0.1, 0.15) is 37.4 Å². The van der Waals surface area contributed by atoms with E-state index in [1.807, 2.05) is 0 Å². The fraction of sp³-hybridized carbons (Fsp3) is 0.818. The highest BCUT2D eigenvalue weighted by Crippen LogP contribution is 2.27. The van der Waals surface area contributed by atoms with Crippen molar-refractivity contribution >= 4 is 0 Å². The average molecular weight is 264 g/mol. The molecule has 7 heteroatoms. The van der Waals surface area contributed by atoms with Gasteiger partial charge in [0.1, 0.15) is 6.42 Å². The quantitative estimate of drug-likeness (QED) is 0.909. The molecule has 0 spiro atoms. The fourth-order valence-electron chi connectivity index (χ4n) is 2.27. The minimum Gasteiger partial charge on any atom is -0.393 e. The van der Waals surface area contributed by atoms with Crippen LogP contribution in [0.15, 0.2) is 4.52 Å². The third-order valence-corrected chi connectivity index (χ3v) is 3.17. The molecule has 1 N–H and O–H groups in total. The van der Waals surface area contributed by atoms with Gasteiger partial charge in [-0.1, -0.05) is 18.0 Å². The molecule has 18 heavy (non-hydrogen) atoms. The Morgan fingerprint density at radius 1 is 1.28 bits per heavy atom. The molecule has 0 radical (unpaired) electrons. The highest BCUT2D eigenvalue weighted by Gasteiger charge is 2.31. The van der Waals surface area contributed by atoms with Gasteiger partial charge in [-0.25, -0.2) is 0 Å². The van der Waals surface area contributed by atoms with Crippen LogP contribution in [0.2, 0.25) is 0 Å². The van der Waals surface area contributed by atoms with Gasteiger partial charge in [-0.3, -0.25) is 0 Å². The molecule has 0 bridgehead atoms. The first-order valence-electron chi connectivity index (χ1n) is 6.00. The van der Waals surface area contributed by atoms with Crippen LogP contribution in [-0.2, 0) is 12.8 Å². The minimum atomic E-state index is -4.33. The van der Waals surface area contributed by atoms with Gasteiger partial charge in [-0.2, -0.15) is 18.2 Å². The van der Waals surface area contributed by atoms with Crippen molar-refractivity contribution in [3.63, 3.8) is 0 Å². The summed E-state index contributed by atoms with van der Waals surface area (Å²) in [4.78, 5) is 3.72. The fourth-order valence-corrected chi connectivity index (χ4v) is 2.27. The van der Waals surface area contributed by atoms with Gasteiger partial charge < -0.3 is 9.63 Å². The van der Waals surface area contributed by atoms with Crippen LogP contribution in [0.4, 0.5) is 13.2 Å². The number of aliphatic hydroxyl groups is 1. The first-order chi connectivity index (χ1) is 8.44. The lowest BCUT2D eigenvalue weighted by atomic mass is 9.84. The number of hydrogen-bond acceptors (Lipinski definition) is 4. The molecule has 0 saturated heterocycles. The SMILES string of the molecule is OC1CCCCC1Cc1nc(CC(F)(F)F)no1. The molecular formula is C11H15F3N2O2. The summed E-state index contributed by atoms with van der Waals surface area (Å²) < 4.78 is 41.1. The van der Waals surface area contributed by atoms with Crippen LogP contribution in [-0.4, -0.2) is 27.5 Å². The number of nitrogens with zero attached hydrogens (tertiary/aromatic N) is 2. The summed E-state index contributed by atoms with van der Waals surface area (Å²) in [7, 11) is 0. The predicted octanol–water partition coefficient (Wildman–Crippen LogP) is 2.27. The Labute approximate surface area is 102 Å². The van der Waals surface area contributed by atoms with Crippen molar-refractivity contribution in [2.75, 3.05) is 0 Å². The maximum Gasteiger partial charge on any atom is 0.396 e. The first kappa shape index (κ1) is 13.3. The van der Waals surface area contributed by atoms with Crippen LogP contribution in [0.5, 0.6) is 0 Å². The zero-order chi connectivity index (χ0) is 13.2. The van der Waals surface area contributed by atoms with Crippen molar-refractivity contribution in [3.8, 4) is 0 Å². The zero-order valence-corrected chi connectivity index (χ0v) is 9.78. The molecule has 1 aromatic rings. The second-order valence-electron chi connectivity index (χ2n) is 4.71. The topological polar surface area (TPSA) is 59.2 Å². The Hall–Kier alpha value is -1.11.